The fourth-order valence-electron chi connectivity index (χ4n) is 6.21. The Morgan fingerprint density at radius 2 is 1.36 bits per heavy atom. The van der Waals surface area contributed by atoms with Crippen LogP contribution in [-0.2, 0) is 16.0 Å². The number of hydrogen-bond acceptors (Lipinski definition) is 3. The number of para-hydroxylation sites is 2. The van der Waals surface area contributed by atoms with Crippen LogP contribution in [0.1, 0.15) is 59.9 Å². The lowest BCUT2D eigenvalue weighted by Gasteiger charge is -2.46. The molecule has 4 atom stereocenters. The van der Waals surface area contributed by atoms with Crippen molar-refractivity contribution in [3.05, 3.63) is 94.5 Å². The lowest BCUT2D eigenvalue weighted by molar-refractivity contribution is -0.122. The van der Waals surface area contributed by atoms with E-state index in [1.807, 2.05) is 43.3 Å². The molecule has 0 N–H and O–H groups in total. The number of aryl methyl sites for hydroxylation is 1. The average molecular weight is 438 g/mol. The quantitative estimate of drug-likeness (QED) is 0.500. The number of benzene rings is 3. The highest BCUT2D eigenvalue weighted by molar-refractivity contribution is 6.24. The highest BCUT2D eigenvalue weighted by atomic mass is 16.5. The van der Waals surface area contributed by atoms with Crippen molar-refractivity contribution in [2.45, 2.75) is 38.5 Å². The van der Waals surface area contributed by atoms with Gasteiger partial charge in [0.2, 0.25) is 11.8 Å². The summed E-state index contributed by atoms with van der Waals surface area (Å²) in [7, 11) is 0. The number of rotatable bonds is 5. The van der Waals surface area contributed by atoms with Crippen LogP contribution in [0.4, 0.5) is 5.69 Å². The number of amides is 2. The topological polar surface area (TPSA) is 46.6 Å². The zero-order valence-electron chi connectivity index (χ0n) is 19.0. The Kier molecular flexibility index (Phi) is 4.65. The van der Waals surface area contributed by atoms with Gasteiger partial charge in [0, 0.05) is 11.8 Å². The highest BCUT2D eigenvalue weighted by Gasteiger charge is 2.62. The Hall–Kier alpha value is -3.40. The monoisotopic (exact) mass is 437 g/mol. The molecule has 3 aromatic rings. The molecule has 4 nitrogen and oxygen atoms in total. The molecule has 4 unspecified atom stereocenters. The van der Waals surface area contributed by atoms with Gasteiger partial charge in [-0.1, -0.05) is 68.4 Å². The number of ether oxygens (including phenoxy) is 1. The number of carbonyl (C=O) groups excluding carboxylic acids is 2. The van der Waals surface area contributed by atoms with Gasteiger partial charge in [-0.2, -0.15) is 0 Å². The molecule has 7 rings (SSSR count). The smallest absolute Gasteiger partial charge is 0.238 e. The second-order valence-electron chi connectivity index (χ2n) is 9.28. The molecule has 3 aliphatic carbocycles. The molecule has 4 aliphatic rings. The molecule has 1 aliphatic heterocycles. The molecule has 1 saturated heterocycles. The van der Waals surface area contributed by atoms with E-state index in [0.717, 1.165) is 12.8 Å². The van der Waals surface area contributed by atoms with Gasteiger partial charge in [0.25, 0.3) is 0 Å². The van der Waals surface area contributed by atoms with Crippen LogP contribution in [-0.4, -0.2) is 18.4 Å². The van der Waals surface area contributed by atoms with E-state index in [-0.39, 0.29) is 35.5 Å². The van der Waals surface area contributed by atoms with Crippen LogP contribution < -0.4 is 9.64 Å². The molecule has 33 heavy (non-hydrogen) atoms. The van der Waals surface area contributed by atoms with Crippen molar-refractivity contribution in [3.63, 3.8) is 0 Å². The van der Waals surface area contributed by atoms with Crippen molar-refractivity contribution >= 4 is 17.5 Å². The van der Waals surface area contributed by atoms with Crippen LogP contribution in [0.5, 0.6) is 5.75 Å². The Labute approximate surface area is 194 Å². The standard InChI is InChI=1S/C29H27NO3/c1-3-15-33-23-12-8-7-11-22(23)30-28(31)26-24-18-9-5-6-10-19(18)25(27(26)29(30)32)21-16-17(4-2)13-14-20(21)24/h5-14,16,24-27H,3-4,15H2,1-2H3. The Bertz CT molecular complexity index is 1280. The number of hydrogen-bond donors (Lipinski definition) is 0. The van der Waals surface area contributed by atoms with Crippen molar-refractivity contribution in [2.75, 3.05) is 11.5 Å². The number of anilines is 1. The lowest BCUT2D eigenvalue weighted by Crippen LogP contribution is -2.41. The minimum Gasteiger partial charge on any atom is -0.491 e. The van der Waals surface area contributed by atoms with E-state index >= 15 is 0 Å². The molecule has 0 spiro atoms. The van der Waals surface area contributed by atoms with E-state index in [1.165, 1.54) is 32.7 Å². The van der Waals surface area contributed by atoms with Crippen LogP contribution in [0, 0.1) is 11.8 Å². The van der Waals surface area contributed by atoms with Gasteiger partial charge in [0.15, 0.2) is 0 Å². The molecular formula is C29H27NO3. The molecule has 166 valence electrons. The summed E-state index contributed by atoms with van der Waals surface area (Å²) < 4.78 is 5.93. The van der Waals surface area contributed by atoms with E-state index < -0.39 is 0 Å². The fraction of sp³-hybridized carbons (Fsp3) is 0.310. The highest BCUT2D eigenvalue weighted by Crippen LogP contribution is 2.61. The molecule has 3 aromatic carbocycles. The van der Waals surface area contributed by atoms with E-state index in [4.69, 9.17) is 4.74 Å². The first-order chi connectivity index (χ1) is 16.2. The average Bonchev–Trinajstić information content (AvgIpc) is 3.12. The zero-order chi connectivity index (χ0) is 22.7. The largest absolute Gasteiger partial charge is 0.491 e. The second kappa shape index (κ2) is 7.58. The first-order valence-electron chi connectivity index (χ1n) is 12.0. The Morgan fingerprint density at radius 1 is 0.758 bits per heavy atom. The van der Waals surface area contributed by atoms with Crippen molar-refractivity contribution in [1.82, 2.24) is 0 Å². The minimum absolute atomic E-state index is 0.0946. The fourth-order valence-corrected chi connectivity index (χ4v) is 6.21. The minimum atomic E-state index is -0.378. The second-order valence-corrected chi connectivity index (χ2v) is 9.28. The maximum absolute atomic E-state index is 14.0. The van der Waals surface area contributed by atoms with Crippen LogP contribution in [0.15, 0.2) is 66.7 Å². The summed E-state index contributed by atoms with van der Waals surface area (Å²) in [5.41, 5.74) is 6.65. The SMILES string of the molecule is CCCOc1ccccc1N1C(=O)C2C3c4ccccc4C(c4cc(CC)ccc43)C2C1=O. The molecule has 1 heterocycles. The molecular weight excluding hydrogens is 410 g/mol. The van der Waals surface area contributed by atoms with Crippen molar-refractivity contribution in [1.29, 1.82) is 0 Å². The molecule has 1 fully saturated rings. The van der Waals surface area contributed by atoms with Gasteiger partial charge < -0.3 is 4.74 Å². The number of carbonyl (C=O) groups is 2. The van der Waals surface area contributed by atoms with E-state index in [9.17, 15) is 9.59 Å². The molecule has 0 aromatic heterocycles. The molecule has 0 radical (unpaired) electrons. The summed E-state index contributed by atoms with van der Waals surface area (Å²) in [4.78, 5) is 29.4. The van der Waals surface area contributed by atoms with Gasteiger partial charge >= 0.3 is 0 Å². The third kappa shape index (κ3) is 2.76. The summed E-state index contributed by atoms with van der Waals surface area (Å²) in [6, 6.07) is 22.4. The van der Waals surface area contributed by atoms with E-state index in [0.29, 0.717) is 18.0 Å². The van der Waals surface area contributed by atoms with Crippen LogP contribution in [0.2, 0.25) is 0 Å². The zero-order valence-corrected chi connectivity index (χ0v) is 19.0. The predicted octanol–water partition coefficient (Wildman–Crippen LogP) is 5.43. The van der Waals surface area contributed by atoms with E-state index in [1.54, 1.807) is 0 Å². The number of nitrogens with zero attached hydrogens (tertiary/aromatic N) is 1. The predicted molar refractivity (Wildman–Crippen MR) is 128 cm³/mol. The third-order valence-corrected chi connectivity index (χ3v) is 7.58. The first-order valence-corrected chi connectivity index (χ1v) is 12.0. The van der Waals surface area contributed by atoms with Gasteiger partial charge in [0.1, 0.15) is 5.75 Å². The van der Waals surface area contributed by atoms with Gasteiger partial charge in [0.05, 0.1) is 24.1 Å². The van der Waals surface area contributed by atoms with Gasteiger partial charge in [-0.3, -0.25) is 9.59 Å². The summed E-state index contributed by atoms with van der Waals surface area (Å²) in [5.74, 6) is -0.560. The third-order valence-electron chi connectivity index (χ3n) is 7.58. The molecule has 4 heteroatoms. The van der Waals surface area contributed by atoms with Crippen LogP contribution in [0.25, 0.3) is 0 Å². The summed E-state index contributed by atoms with van der Waals surface area (Å²) >= 11 is 0. The van der Waals surface area contributed by atoms with Crippen molar-refractivity contribution in [2.24, 2.45) is 11.8 Å². The maximum atomic E-state index is 14.0. The van der Waals surface area contributed by atoms with Gasteiger partial charge in [-0.25, -0.2) is 4.90 Å². The summed E-state index contributed by atoms with van der Waals surface area (Å²) in [6.07, 6.45) is 1.80. The Balaban J connectivity index is 1.52. The van der Waals surface area contributed by atoms with Crippen LogP contribution >= 0.6 is 0 Å². The first kappa shape index (κ1) is 20.2. The number of imide groups is 1. The summed E-state index contributed by atoms with van der Waals surface area (Å²) in [5, 5.41) is 0. The molecule has 0 saturated carbocycles. The maximum Gasteiger partial charge on any atom is 0.238 e. The van der Waals surface area contributed by atoms with Crippen molar-refractivity contribution in [3.8, 4) is 5.75 Å². The summed E-state index contributed by atoms with van der Waals surface area (Å²) in [6.45, 7) is 4.74. The van der Waals surface area contributed by atoms with Gasteiger partial charge in [-0.05, 0) is 52.8 Å². The normalized spacial score (nSPS) is 24.5. The van der Waals surface area contributed by atoms with Gasteiger partial charge in [-0.15, -0.1) is 0 Å². The van der Waals surface area contributed by atoms with E-state index in [2.05, 4.69) is 37.3 Å². The lowest BCUT2D eigenvalue weighted by atomic mass is 9.55. The van der Waals surface area contributed by atoms with Crippen molar-refractivity contribution < 1.29 is 14.3 Å². The Morgan fingerprint density at radius 3 is 2.03 bits per heavy atom. The van der Waals surface area contributed by atoms with Crippen LogP contribution in [0.3, 0.4) is 0 Å². The molecule has 2 bridgehead atoms. The molecule has 2 amide bonds.